The molecule has 5 heteroatoms. The summed E-state index contributed by atoms with van der Waals surface area (Å²) in [5.74, 6) is -1.87. The van der Waals surface area contributed by atoms with Crippen LogP contribution in [0.25, 0.3) is 0 Å². The zero-order chi connectivity index (χ0) is 15.6. The average Bonchev–Trinajstić information content (AvgIpc) is 2.43. The molecular weight excluding hydrogens is 268 g/mol. The summed E-state index contributed by atoms with van der Waals surface area (Å²) in [5.41, 5.74) is 0.889. The Labute approximate surface area is 124 Å². The zero-order valence-corrected chi connectivity index (χ0v) is 12.5. The van der Waals surface area contributed by atoms with E-state index in [1.54, 1.807) is 13.8 Å². The summed E-state index contributed by atoms with van der Waals surface area (Å²) in [6.07, 6.45) is 0.599. The van der Waals surface area contributed by atoms with E-state index in [-0.39, 0.29) is 12.0 Å². The van der Waals surface area contributed by atoms with Gasteiger partial charge in [-0.1, -0.05) is 51.1 Å². The van der Waals surface area contributed by atoms with Gasteiger partial charge in [-0.25, -0.2) is 4.79 Å². The number of benzene rings is 1. The fraction of sp³-hybridized carbons (Fsp3) is 0.438. The number of urea groups is 1. The molecule has 0 saturated carbocycles. The van der Waals surface area contributed by atoms with Crippen molar-refractivity contribution in [3.05, 3.63) is 35.9 Å². The van der Waals surface area contributed by atoms with Crippen LogP contribution in [0.3, 0.4) is 0 Å². The minimum absolute atomic E-state index is 0.152. The molecule has 2 rings (SSSR count). The first kappa shape index (κ1) is 15.2. The Morgan fingerprint density at radius 3 is 2.29 bits per heavy atom. The van der Waals surface area contributed by atoms with Crippen LogP contribution in [0.5, 0.6) is 0 Å². The molecule has 1 aliphatic rings. The lowest BCUT2D eigenvalue weighted by Gasteiger charge is -2.36. The Balaban J connectivity index is 2.38. The number of amides is 4. The van der Waals surface area contributed by atoms with Gasteiger partial charge in [0.05, 0.1) is 6.04 Å². The van der Waals surface area contributed by atoms with Crippen molar-refractivity contribution in [1.82, 2.24) is 10.2 Å². The number of rotatable bonds is 4. The Bertz CT molecular complexity index is 554. The minimum atomic E-state index is -0.805. The summed E-state index contributed by atoms with van der Waals surface area (Å²) in [6.45, 7) is 5.53. The van der Waals surface area contributed by atoms with Crippen LogP contribution in [0.1, 0.15) is 38.8 Å². The van der Waals surface area contributed by atoms with Gasteiger partial charge in [-0.05, 0) is 17.9 Å². The molecule has 112 valence electrons. The van der Waals surface area contributed by atoms with E-state index in [0.29, 0.717) is 6.42 Å². The highest BCUT2D eigenvalue weighted by molar-refractivity contribution is 6.16. The second-order valence-electron chi connectivity index (χ2n) is 5.56. The Hall–Kier alpha value is -2.17. The second-order valence-corrected chi connectivity index (χ2v) is 5.56. The molecule has 0 aromatic heterocycles. The molecule has 0 radical (unpaired) electrons. The fourth-order valence-electron chi connectivity index (χ4n) is 2.73. The van der Waals surface area contributed by atoms with E-state index in [4.69, 9.17) is 0 Å². The van der Waals surface area contributed by atoms with E-state index >= 15 is 0 Å². The largest absolute Gasteiger partial charge is 0.331 e. The van der Waals surface area contributed by atoms with Gasteiger partial charge >= 0.3 is 6.03 Å². The SMILES string of the molecule is CCC(c1ccccc1)N1C(=O)NC(=O)C(C(C)C)C1=O. The van der Waals surface area contributed by atoms with Gasteiger partial charge in [0, 0.05) is 0 Å². The van der Waals surface area contributed by atoms with Crippen molar-refractivity contribution < 1.29 is 14.4 Å². The molecule has 4 amide bonds. The predicted molar refractivity (Wildman–Crippen MR) is 78.2 cm³/mol. The maximum Gasteiger partial charge on any atom is 0.331 e. The summed E-state index contributed by atoms with van der Waals surface area (Å²) < 4.78 is 0. The molecule has 21 heavy (non-hydrogen) atoms. The third kappa shape index (κ3) is 2.82. The van der Waals surface area contributed by atoms with E-state index < -0.39 is 23.8 Å². The molecular formula is C16H20N2O3. The van der Waals surface area contributed by atoms with Crippen LogP contribution < -0.4 is 5.32 Å². The van der Waals surface area contributed by atoms with Crippen molar-refractivity contribution >= 4 is 17.8 Å². The Morgan fingerprint density at radius 1 is 1.14 bits per heavy atom. The predicted octanol–water partition coefficient (Wildman–Crippen LogP) is 2.49. The first-order valence-corrected chi connectivity index (χ1v) is 7.20. The molecule has 0 spiro atoms. The molecule has 1 N–H and O–H groups in total. The first-order chi connectivity index (χ1) is 9.97. The van der Waals surface area contributed by atoms with E-state index in [9.17, 15) is 14.4 Å². The molecule has 1 heterocycles. The van der Waals surface area contributed by atoms with Crippen LogP contribution in [0, 0.1) is 11.8 Å². The van der Waals surface area contributed by atoms with Crippen molar-refractivity contribution in [2.24, 2.45) is 11.8 Å². The third-order valence-electron chi connectivity index (χ3n) is 3.78. The number of hydrogen-bond acceptors (Lipinski definition) is 3. The maximum absolute atomic E-state index is 12.6. The van der Waals surface area contributed by atoms with Crippen LogP contribution in [0.2, 0.25) is 0 Å². The number of hydrogen-bond donors (Lipinski definition) is 1. The molecule has 0 aliphatic carbocycles. The molecule has 1 saturated heterocycles. The van der Waals surface area contributed by atoms with Gasteiger partial charge in [0.25, 0.3) is 0 Å². The van der Waals surface area contributed by atoms with Gasteiger partial charge in [-0.3, -0.25) is 19.8 Å². The lowest BCUT2D eigenvalue weighted by Crippen LogP contribution is -2.59. The number of carbonyl (C=O) groups is 3. The molecule has 5 nitrogen and oxygen atoms in total. The minimum Gasteiger partial charge on any atom is -0.277 e. The fourth-order valence-corrected chi connectivity index (χ4v) is 2.73. The van der Waals surface area contributed by atoms with Crippen LogP contribution in [-0.4, -0.2) is 22.7 Å². The van der Waals surface area contributed by atoms with Crippen molar-refractivity contribution in [3.63, 3.8) is 0 Å². The van der Waals surface area contributed by atoms with Gasteiger partial charge in [0.15, 0.2) is 0 Å². The van der Waals surface area contributed by atoms with Crippen molar-refractivity contribution in [1.29, 1.82) is 0 Å². The number of carbonyl (C=O) groups excluding carboxylic acids is 3. The summed E-state index contributed by atoms with van der Waals surface area (Å²) in [4.78, 5) is 37.8. The van der Waals surface area contributed by atoms with Crippen molar-refractivity contribution in [3.8, 4) is 0 Å². The van der Waals surface area contributed by atoms with Crippen LogP contribution in [-0.2, 0) is 9.59 Å². The Morgan fingerprint density at radius 2 is 1.76 bits per heavy atom. The van der Waals surface area contributed by atoms with Crippen LogP contribution in [0.4, 0.5) is 4.79 Å². The van der Waals surface area contributed by atoms with Crippen molar-refractivity contribution in [2.75, 3.05) is 0 Å². The normalized spacial score (nSPS) is 20.7. The maximum atomic E-state index is 12.6. The lowest BCUT2D eigenvalue weighted by molar-refractivity contribution is -0.146. The zero-order valence-electron chi connectivity index (χ0n) is 12.5. The van der Waals surface area contributed by atoms with Crippen LogP contribution >= 0.6 is 0 Å². The van der Waals surface area contributed by atoms with Crippen molar-refractivity contribution in [2.45, 2.75) is 33.2 Å². The number of imide groups is 2. The van der Waals surface area contributed by atoms with E-state index in [2.05, 4.69) is 5.32 Å². The van der Waals surface area contributed by atoms with Crippen LogP contribution in [0.15, 0.2) is 30.3 Å². The molecule has 0 bridgehead atoms. The number of nitrogens with zero attached hydrogens (tertiary/aromatic N) is 1. The van der Waals surface area contributed by atoms with E-state index in [0.717, 1.165) is 5.56 Å². The van der Waals surface area contributed by atoms with Gasteiger partial charge in [0.1, 0.15) is 5.92 Å². The smallest absolute Gasteiger partial charge is 0.277 e. The van der Waals surface area contributed by atoms with Gasteiger partial charge in [-0.2, -0.15) is 0 Å². The van der Waals surface area contributed by atoms with Gasteiger partial charge in [-0.15, -0.1) is 0 Å². The molecule has 2 atom stereocenters. The lowest BCUT2D eigenvalue weighted by atomic mass is 9.90. The Kier molecular flexibility index (Phi) is 4.40. The number of nitrogens with one attached hydrogen (secondary N) is 1. The molecule has 1 fully saturated rings. The van der Waals surface area contributed by atoms with E-state index in [1.165, 1.54) is 4.90 Å². The van der Waals surface area contributed by atoms with Gasteiger partial charge < -0.3 is 0 Å². The quantitative estimate of drug-likeness (QED) is 0.866. The summed E-state index contributed by atoms with van der Waals surface area (Å²) >= 11 is 0. The number of barbiturate groups is 1. The summed E-state index contributed by atoms with van der Waals surface area (Å²) in [7, 11) is 0. The summed E-state index contributed by atoms with van der Waals surface area (Å²) in [5, 5.41) is 2.30. The van der Waals surface area contributed by atoms with Gasteiger partial charge in [0.2, 0.25) is 11.8 Å². The molecule has 1 aromatic rings. The monoisotopic (exact) mass is 288 g/mol. The third-order valence-corrected chi connectivity index (χ3v) is 3.78. The molecule has 1 aliphatic heterocycles. The highest BCUT2D eigenvalue weighted by atomic mass is 16.2. The second kappa shape index (κ2) is 6.08. The highest BCUT2D eigenvalue weighted by Gasteiger charge is 2.44. The molecule has 1 aromatic carbocycles. The average molecular weight is 288 g/mol. The van der Waals surface area contributed by atoms with E-state index in [1.807, 2.05) is 37.3 Å². The summed E-state index contributed by atoms with van der Waals surface area (Å²) in [6, 6.07) is 8.41. The molecule has 2 unspecified atom stereocenters. The first-order valence-electron chi connectivity index (χ1n) is 7.20. The highest BCUT2D eigenvalue weighted by Crippen LogP contribution is 2.29. The standard InChI is InChI=1S/C16H20N2O3/c1-4-12(11-8-6-5-7-9-11)18-15(20)13(10(2)3)14(19)17-16(18)21/h5-10,12-13H,4H2,1-3H3,(H,17,19,21). The topological polar surface area (TPSA) is 66.5 Å².